The highest BCUT2D eigenvalue weighted by Gasteiger charge is 2.35. The molecule has 4 rings (SSSR count). The molecule has 0 atom stereocenters. The van der Waals surface area contributed by atoms with E-state index in [1.165, 1.54) is 34.2 Å². The smallest absolute Gasteiger partial charge is 0.308 e. The summed E-state index contributed by atoms with van der Waals surface area (Å²) in [5, 5.41) is 5.15. The predicted octanol–water partition coefficient (Wildman–Crippen LogP) is 5.61. The Morgan fingerprint density at radius 1 is 0.920 bits per heavy atom. The third-order valence-electron chi connectivity index (χ3n) is 6.03. The van der Waals surface area contributed by atoms with E-state index in [-0.39, 0.29) is 17.3 Å². The van der Waals surface area contributed by atoms with Crippen molar-refractivity contribution in [1.82, 2.24) is 0 Å². The zero-order valence-electron chi connectivity index (χ0n) is 14.9. The fraction of sp³-hybridized carbons (Fsp3) is 0.348. The molecule has 0 bridgehead atoms. The maximum atomic E-state index is 11.8. The van der Waals surface area contributed by atoms with Crippen molar-refractivity contribution in [3.8, 4) is 0 Å². The van der Waals surface area contributed by atoms with Gasteiger partial charge in [-0.25, -0.2) is 0 Å². The SMILES string of the molecule is COC(=O)[C@H]1CC[C@](C)(c2ccc3cc4ccccc4cc3c2)CC1. The highest BCUT2D eigenvalue weighted by molar-refractivity contribution is 5.98. The Labute approximate surface area is 148 Å². The zero-order valence-corrected chi connectivity index (χ0v) is 14.9. The average molecular weight is 332 g/mol. The lowest BCUT2D eigenvalue weighted by Crippen LogP contribution is -2.32. The molecule has 1 fully saturated rings. The first kappa shape index (κ1) is 16.1. The molecule has 3 aromatic rings. The quantitative estimate of drug-likeness (QED) is 0.450. The molecule has 25 heavy (non-hydrogen) atoms. The molecule has 128 valence electrons. The highest BCUT2D eigenvalue weighted by Crippen LogP contribution is 2.42. The number of carbonyl (C=O) groups excluding carboxylic acids is 1. The van der Waals surface area contributed by atoms with Gasteiger partial charge in [0.25, 0.3) is 0 Å². The molecule has 0 radical (unpaired) electrons. The second-order valence-corrected chi connectivity index (χ2v) is 7.62. The minimum Gasteiger partial charge on any atom is -0.469 e. The third kappa shape index (κ3) is 2.90. The van der Waals surface area contributed by atoms with Crippen LogP contribution in [0, 0.1) is 5.92 Å². The van der Waals surface area contributed by atoms with E-state index in [1.807, 2.05) is 0 Å². The normalized spacial score (nSPS) is 23.7. The zero-order chi connectivity index (χ0) is 17.4. The molecular formula is C23H24O2. The van der Waals surface area contributed by atoms with Gasteiger partial charge in [-0.1, -0.05) is 49.4 Å². The van der Waals surface area contributed by atoms with Crippen LogP contribution >= 0.6 is 0 Å². The van der Waals surface area contributed by atoms with Crippen LogP contribution in [0.25, 0.3) is 21.5 Å². The van der Waals surface area contributed by atoms with Crippen molar-refractivity contribution in [2.75, 3.05) is 7.11 Å². The summed E-state index contributed by atoms with van der Waals surface area (Å²) < 4.78 is 4.92. The van der Waals surface area contributed by atoms with Gasteiger partial charge in [0.15, 0.2) is 0 Å². The summed E-state index contributed by atoms with van der Waals surface area (Å²) in [6.45, 7) is 2.34. The van der Waals surface area contributed by atoms with Gasteiger partial charge in [0, 0.05) is 0 Å². The molecule has 2 heteroatoms. The van der Waals surface area contributed by atoms with E-state index in [1.54, 1.807) is 0 Å². The largest absolute Gasteiger partial charge is 0.469 e. The standard InChI is InChI=1S/C23H24O2/c1-23(11-9-16(10-12-23)22(24)25-2)21-8-7-19-13-17-5-3-4-6-18(17)14-20(19)15-21/h3-8,13-16H,9-12H2,1-2H3/t16-,23-. The summed E-state index contributed by atoms with van der Waals surface area (Å²) in [5.74, 6) is 0.0227. The van der Waals surface area contributed by atoms with Crippen molar-refractivity contribution in [1.29, 1.82) is 0 Å². The van der Waals surface area contributed by atoms with E-state index in [9.17, 15) is 4.79 Å². The molecule has 0 saturated heterocycles. The Kier molecular flexibility index (Phi) is 3.99. The van der Waals surface area contributed by atoms with Crippen LogP contribution in [-0.4, -0.2) is 13.1 Å². The van der Waals surface area contributed by atoms with Gasteiger partial charge in [-0.3, -0.25) is 4.79 Å². The molecule has 1 aliphatic carbocycles. The van der Waals surface area contributed by atoms with Gasteiger partial charge in [0.1, 0.15) is 0 Å². The van der Waals surface area contributed by atoms with Gasteiger partial charge < -0.3 is 4.74 Å². The maximum absolute atomic E-state index is 11.8. The number of fused-ring (bicyclic) bond motifs is 2. The lowest BCUT2D eigenvalue weighted by molar-refractivity contribution is -0.146. The molecule has 2 nitrogen and oxygen atoms in total. The van der Waals surface area contributed by atoms with Crippen LogP contribution in [0.15, 0.2) is 54.6 Å². The topological polar surface area (TPSA) is 26.3 Å². The van der Waals surface area contributed by atoms with Gasteiger partial charge in [0.05, 0.1) is 13.0 Å². The van der Waals surface area contributed by atoms with Crippen LogP contribution in [0.4, 0.5) is 0 Å². The molecule has 1 aliphatic rings. The van der Waals surface area contributed by atoms with Gasteiger partial charge in [-0.2, -0.15) is 0 Å². The number of esters is 1. The van der Waals surface area contributed by atoms with E-state index in [2.05, 4.69) is 61.5 Å². The van der Waals surface area contributed by atoms with Gasteiger partial charge in [-0.15, -0.1) is 0 Å². The summed E-state index contributed by atoms with van der Waals surface area (Å²) in [5.41, 5.74) is 1.53. The summed E-state index contributed by atoms with van der Waals surface area (Å²) in [6, 6.07) is 19.9. The van der Waals surface area contributed by atoms with Gasteiger partial charge in [-0.05, 0) is 70.3 Å². The molecule has 1 saturated carbocycles. The van der Waals surface area contributed by atoms with E-state index in [0.29, 0.717) is 0 Å². The maximum Gasteiger partial charge on any atom is 0.308 e. The van der Waals surface area contributed by atoms with Crippen LogP contribution in [0.1, 0.15) is 38.2 Å². The van der Waals surface area contributed by atoms with Crippen LogP contribution < -0.4 is 0 Å². The number of carbonyl (C=O) groups is 1. The Balaban J connectivity index is 1.67. The molecule has 0 unspecified atom stereocenters. The summed E-state index contributed by atoms with van der Waals surface area (Å²) in [4.78, 5) is 11.8. The molecule has 0 spiro atoms. The number of benzene rings is 3. The molecule has 0 amide bonds. The van der Waals surface area contributed by atoms with Crippen molar-refractivity contribution in [3.05, 3.63) is 60.2 Å². The van der Waals surface area contributed by atoms with E-state index < -0.39 is 0 Å². The molecule has 0 N–H and O–H groups in total. The second kappa shape index (κ2) is 6.18. The Morgan fingerprint density at radius 3 is 2.16 bits per heavy atom. The molecule has 0 heterocycles. The minimum atomic E-state index is -0.0490. The first-order chi connectivity index (χ1) is 12.1. The molecular weight excluding hydrogens is 308 g/mol. The van der Waals surface area contributed by atoms with Crippen LogP contribution in [0.3, 0.4) is 0 Å². The molecule has 3 aromatic carbocycles. The fourth-order valence-corrected chi connectivity index (χ4v) is 4.26. The van der Waals surface area contributed by atoms with Crippen molar-refractivity contribution in [2.24, 2.45) is 5.92 Å². The van der Waals surface area contributed by atoms with Gasteiger partial charge >= 0.3 is 5.97 Å². The Morgan fingerprint density at radius 2 is 1.52 bits per heavy atom. The van der Waals surface area contributed by atoms with Crippen LogP contribution in [0.5, 0.6) is 0 Å². The second-order valence-electron chi connectivity index (χ2n) is 7.62. The summed E-state index contributed by atoms with van der Waals surface area (Å²) in [7, 11) is 1.49. The first-order valence-electron chi connectivity index (χ1n) is 9.10. The van der Waals surface area contributed by atoms with Crippen molar-refractivity contribution in [2.45, 2.75) is 38.0 Å². The number of hydrogen-bond acceptors (Lipinski definition) is 2. The fourth-order valence-electron chi connectivity index (χ4n) is 4.26. The number of methoxy groups -OCH3 is 1. The van der Waals surface area contributed by atoms with E-state index >= 15 is 0 Å². The molecule has 0 aliphatic heterocycles. The van der Waals surface area contributed by atoms with Crippen molar-refractivity contribution >= 4 is 27.5 Å². The monoisotopic (exact) mass is 332 g/mol. The van der Waals surface area contributed by atoms with Crippen LogP contribution in [0.2, 0.25) is 0 Å². The Bertz CT molecular complexity index is 933. The van der Waals surface area contributed by atoms with E-state index in [4.69, 9.17) is 4.74 Å². The number of rotatable bonds is 2. The van der Waals surface area contributed by atoms with Crippen LogP contribution in [-0.2, 0) is 14.9 Å². The summed E-state index contributed by atoms with van der Waals surface area (Å²) >= 11 is 0. The minimum absolute atomic E-state index is 0.0490. The Hall–Kier alpha value is -2.35. The van der Waals surface area contributed by atoms with Crippen molar-refractivity contribution in [3.63, 3.8) is 0 Å². The first-order valence-corrected chi connectivity index (χ1v) is 9.10. The van der Waals surface area contributed by atoms with Crippen molar-refractivity contribution < 1.29 is 9.53 Å². The average Bonchev–Trinajstić information content (AvgIpc) is 2.66. The predicted molar refractivity (Wildman–Crippen MR) is 103 cm³/mol. The number of ether oxygens (including phenoxy) is 1. The highest BCUT2D eigenvalue weighted by atomic mass is 16.5. The van der Waals surface area contributed by atoms with Gasteiger partial charge in [0.2, 0.25) is 0 Å². The lowest BCUT2D eigenvalue weighted by atomic mass is 9.68. The van der Waals surface area contributed by atoms with E-state index in [0.717, 1.165) is 25.7 Å². The third-order valence-corrected chi connectivity index (χ3v) is 6.03. The molecule has 0 aromatic heterocycles. The summed E-state index contributed by atoms with van der Waals surface area (Å²) in [6.07, 6.45) is 3.90. The lowest BCUT2D eigenvalue weighted by Gasteiger charge is -2.37. The number of hydrogen-bond donors (Lipinski definition) is 0.